The number of hydrogen-bond acceptors (Lipinski definition) is 1. The summed E-state index contributed by atoms with van der Waals surface area (Å²) in [6.45, 7) is 2.24. The molecule has 0 bridgehead atoms. The van der Waals surface area contributed by atoms with Crippen LogP contribution in [0.2, 0.25) is 0 Å². The number of allylic oxidation sites excluding steroid dienone is 1. The summed E-state index contributed by atoms with van der Waals surface area (Å²) in [4.78, 5) is 0. The lowest BCUT2D eigenvalue weighted by Crippen LogP contribution is -1.77. The molecular weight excluding hydrogens is 148 g/mol. The van der Waals surface area contributed by atoms with E-state index in [1.165, 1.54) is 38.5 Å². The van der Waals surface area contributed by atoms with Gasteiger partial charge in [-0.15, -0.1) is 0 Å². The molecule has 12 heavy (non-hydrogen) atoms. The Bertz CT molecular complexity index is 97.2. The Kier molecular flexibility index (Phi) is 10.1. The Morgan fingerprint density at radius 3 is 2.42 bits per heavy atom. The highest BCUT2D eigenvalue weighted by Gasteiger charge is 1.87. The zero-order valence-electron chi connectivity index (χ0n) is 8.22. The summed E-state index contributed by atoms with van der Waals surface area (Å²) in [5, 5.41) is 0. The maximum absolute atomic E-state index is 4.56. The molecule has 0 N–H and O–H groups in total. The first-order valence-electron chi connectivity index (χ1n) is 4.97. The largest absolute Gasteiger partial charge is 0.498 e. The van der Waals surface area contributed by atoms with Gasteiger partial charge >= 0.3 is 0 Å². The minimum atomic E-state index is 1.13. The van der Waals surface area contributed by atoms with Crippen LogP contribution in [-0.4, -0.2) is 0 Å². The molecule has 0 aromatic rings. The quantitative estimate of drug-likeness (QED) is 0.393. The molecule has 71 valence electrons. The highest BCUT2D eigenvalue weighted by atomic mass is 16.5. The minimum absolute atomic E-state index is 1.13. The number of hydrogen-bond donors (Lipinski definition) is 0. The fourth-order valence-electron chi connectivity index (χ4n) is 1.18. The third-order valence-corrected chi connectivity index (χ3v) is 1.92. The Balaban J connectivity index is 2.86. The van der Waals surface area contributed by atoms with Crippen LogP contribution < -0.4 is 0 Å². The third kappa shape index (κ3) is 9.54. The van der Waals surface area contributed by atoms with Crippen LogP contribution in [0.5, 0.6) is 0 Å². The van der Waals surface area contributed by atoms with Gasteiger partial charge in [0, 0.05) is 0 Å². The van der Waals surface area contributed by atoms with E-state index < -0.39 is 0 Å². The van der Waals surface area contributed by atoms with Gasteiger partial charge in [0.05, 0.1) is 6.26 Å². The molecule has 0 aromatic carbocycles. The van der Waals surface area contributed by atoms with Gasteiger partial charge in [-0.2, -0.15) is 0 Å². The van der Waals surface area contributed by atoms with Crippen LogP contribution in [0, 0.1) is 7.11 Å². The summed E-state index contributed by atoms with van der Waals surface area (Å²) in [6, 6.07) is 0. The van der Waals surface area contributed by atoms with Gasteiger partial charge in [-0.1, -0.05) is 39.0 Å². The summed E-state index contributed by atoms with van der Waals surface area (Å²) >= 11 is 0. The van der Waals surface area contributed by atoms with Crippen molar-refractivity contribution in [3.8, 4) is 0 Å². The zero-order valence-corrected chi connectivity index (χ0v) is 8.22. The fraction of sp³-hybridized carbons (Fsp3) is 0.727. The number of unbranched alkanes of at least 4 members (excludes halogenated alkanes) is 6. The first kappa shape index (κ1) is 11.5. The molecule has 0 unspecified atom stereocenters. The van der Waals surface area contributed by atoms with E-state index in [1.807, 2.05) is 6.08 Å². The second kappa shape index (κ2) is 10.5. The molecule has 0 aromatic heterocycles. The monoisotopic (exact) mass is 169 g/mol. The van der Waals surface area contributed by atoms with Crippen LogP contribution in [0.25, 0.3) is 0 Å². The first-order valence-corrected chi connectivity index (χ1v) is 4.97. The highest BCUT2D eigenvalue weighted by molar-refractivity contribution is 4.72. The Morgan fingerprint density at radius 1 is 1.08 bits per heavy atom. The van der Waals surface area contributed by atoms with Crippen LogP contribution >= 0.6 is 0 Å². The molecule has 1 heteroatoms. The molecule has 0 spiro atoms. The standard InChI is InChI=1S/C11H21O/c1-3-4-5-6-7-8-9-10-11-12-2/h10-11H,2-9H2,1H3. The Morgan fingerprint density at radius 2 is 1.75 bits per heavy atom. The summed E-state index contributed by atoms with van der Waals surface area (Å²) in [6.07, 6.45) is 12.9. The van der Waals surface area contributed by atoms with Crippen LogP contribution in [0.3, 0.4) is 0 Å². The summed E-state index contributed by atoms with van der Waals surface area (Å²) < 4.78 is 4.56. The molecule has 0 rings (SSSR count). The molecule has 0 aliphatic heterocycles. The van der Waals surface area contributed by atoms with Crippen molar-refractivity contribution in [2.24, 2.45) is 0 Å². The molecule has 1 nitrogen and oxygen atoms in total. The molecule has 1 radical (unpaired) electrons. The van der Waals surface area contributed by atoms with Crippen molar-refractivity contribution in [1.82, 2.24) is 0 Å². The van der Waals surface area contributed by atoms with Gasteiger partial charge in [0.1, 0.15) is 7.11 Å². The molecule has 0 fully saturated rings. The Labute approximate surface area is 76.8 Å². The van der Waals surface area contributed by atoms with Crippen molar-refractivity contribution in [2.75, 3.05) is 0 Å². The topological polar surface area (TPSA) is 9.23 Å². The molecular formula is C11H21O. The van der Waals surface area contributed by atoms with Gasteiger partial charge in [0.25, 0.3) is 0 Å². The third-order valence-electron chi connectivity index (χ3n) is 1.92. The second-order valence-corrected chi connectivity index (χ2v) is 3.09. The Hall–Kier alpha value is -0.460. The molecule has 0 atom stereocenters. The number of rotatable bonds is 8. The van der Waals surface area contributed by atoms with Crippen molar-refractivity contribution >= 4 is 0 Å². The average molecular weight is 169 g/mol. The normalized spacial score (nSPS) is 10.8. The summed E-state index contributed by atoms with van der Waals surface area (Å²) in [5.74, 6) is 0. The lowest BCUT2D eigenvalue weighted by molar-refractivity contribution is 0.391. The lowest BCUT2D eigenvalue weighted by Gasteiger charge is -1.97. The lowest BCUT2D eigenvalue weighted by atomic mass is 10.1. The molecule has 0 amide bonds. The van der Waals surface area contributed by atoms with Crippen molar-refractivity contribution in [1.29, 1.82) is 0 Å². The van der Waals surface area contributed by atoms with E-state index in [0.717, 1.165) is 6.42 Å². The van der Waals surface area contributed by atoms with Crippen LogP contribution in [0.15, 0.2) is 12.3 Å². The molecule has 0 aliphatic carbocycles. The maximum atomic E-state index is 4.56. The predicted octanol–water partition coefficient (Wildman–Crippen LogP) is 4.06. The van der Waals surface area contributed by atoms with Gasteiger partial charge in [0.2, 0.25) is 0 Å². The van der Waals surface area contributed by atoms with Gasteiger partial charge in [-0.3, -0.25) is 0 Å². The predicted molar refractivity (Wildman–Crippen MR) is 53.6 cm³/mol. The smallest absolute Gasteiger partial charge is 0.121 e. The van der Waals surface area contributed by atoms with E-state index in [4.69, 9.17) is 0 Å². The average Bonchev–Trinajstić information content (AvgIpc) is 2.10. The number of ether oxygens (including phenoxy) is 1. The van der Waals surface area contributed by atoms with Crippen LogP contribution in [0.4, 0.5) is 0 Å². The van der Waals surface area contributed by atoms with E-state index in [2.05, 4.69) is 18.8 Å². The van der Waals surface area contributed by atoms with Gasteiger partial charge in [-0.05, 0) is 18.9 Å². The summed E-state index contributed by atoms with van der Waals surface area (Å²) in [7, 11) is 3.26. The van der Waals surface area contributed by atoms with Gasteiger partial charge in [0.15, 0.2) is 0 Å². The highest BCUT2D eigenvalue weighted by Crippen LogP contribution is 2.06. The van der Waals surface area contributed by atoms with Crippen molar-refractivity contribution in [3.05, 3.63) is 19.4 Å². The molecule has 0 saturated carbocycles. The molecule has 0 aliphatic rings. The van der Waals surface area contributed by atoms with Crippen molar-refractivity contribution in [3.63, 3.8) is 0 Å². The van der Waals surface area contributed by atoms with Crippen LogP contribution in [0.1, 0.15) is 51.9 Å². The fourth-order valence-corrected chi connectivity index (χ4v) is 1.18. The SMILES string of the molecule is [CH2]OC=CCCCCCCCC. The minimum Gasteiger partial charge on any atom is -0.498 e. The van der Waals surface area contributed by atoms with Gasteiger partial charge in [-0.25, -0.2) is 0 Å². The molecule has 0 saturated heterocycles. The van der Waals surface area contributed by atoms with E-state index in [0.29, 0.717) is 0 Å². The molecule has 0 heterocycles. The van der Waals surface area contributed by atoms with E-state index >= 15 is 0 Å². The van der Waals surface area contributed by atoms with E-state index in [-0.39, 0.29) is 0 Å². The van der Waals surface area contributed by atoms with Crippen molar-refractivity contribution < 1.29 is 4.74 Å². The summed E-state index contributed by atoms with van der Waals surface area (Å²) in [5.41, 5.74) is 0. The van der Waals surface area contributed by atoms with Crippen LogP contribution in [-0.2, 0) is 4.74 Å². The van der Waals surface area contributed by atoms with Crippen molar-refractivity contribution in [2.45, 2.75) is 51.9 Å². The second-order valence-electron chi connectivity index (χ2n) is 3.09. The van der Waals surface area contributed by atoms with Gasteiger partial charge < -0.3 is 4.74 Å². The first-order chi connectivity index (χ1) is 5.91. The zero-order chi connectivity index (χ0) is 9.07. The maximum Gasteiger partial charge on any atom is 0.121 e. The van der Waals surface area contributed by atoms with E-state index in [1.54, 1.807) is 6.26 Å². The van der Waals surface area contributed by atoms with E-state index in [9.17, 15) is 0 Å².